The molecule has 1 amide bonds. The van der Waals surface area contributed by atoms with Gasteiger partial charge >= 0.3 is 0 Å². The molecule has 188 valence electrons. The molecule has 4 aromatic rings. The number of hydrogen-bond acceptors (Lipinski definition) is 6. The van der Waals surface area contributed by atoms with Gasteiger partial charge in [-0.3, -0.25) is 19.9 Å². The molecular weight excluding hydrogens is 488 g/mol. The molecule has 0 unspecified atom stereocenters. The number of amides is 1. The van der Waals surface area contributed by atoms with Crippen LogP contribution in [0.25, 0.3) is 11.5 Å². The largest absolute Gasteiger partial charge is 0.463 e. The van der Waals surface area contributed by atoms with Gasteiger partial charge in [-0.05, 0) is 53.2 Å². The summed E-state index contributed by atoms with van der Waals surface area (Å²) in [7, 11) is -1.98. The molecule has 0 aromatic carbocycles. The highest BCUT2D eigenvalue weighted by atomic mass is 32.1. The molecule has 9 heteroatoms. The fourth-order valence-electron chi connectivity index (χ4n) is 5.58. The molecule has 36 heavy (non-hydrogen) atoms. The SMILES string of the molecule is CC(C)[Si](C(C)C)(C(C)C)n1ccc(C(=O)c2sc(NC(=O)c3ccncc3)nc2-c2ccco2)c1. The highest BCUT2D eigenvalue weighted by Crippen LogP contribution is 2.43. The molecule has 4 rings (SSSR count). The van der Waals surface area contributed by atoms with E-state index in [0.717, 1.165) is 11.3 Å². The Balaban J connectivity index is 1.72. The summed E-state index contributed by atoms with van der Waals surface area (Å²) in [5.74, 6) is 0.0267. The van der Waals surface area contributed by atoms with Crippen molar-refractivity contribution in [2.45, 2.75) is 58.2 Å². The lowest BCUT2D eigenvalue weighted by Crippen LogP contribution is -2.51. The number of anilines is 1. The summed E-state index contributed by atoms with van der Waals surface area (Å²) < 4.78 is 7.92. The summed E-state index contributed by atoms with van der Waals surface area (Å²) in [6.07, 6.45) is 8.73. The number of aromatic nitrogens is 3. The van der Waals surface area contributed by atoms with Crippen molar-refractivity contribution in [2.24, 2.45) is 0 Å². The van der Waals surface area contributed by atoms with E-state index in [1.807, 2.05) is 12.3 Å². The second-order valence-corrected chi connectivity index (χ2v) is 16.6. The number of nitrogens with zero attached hydrogens (tertiary/aromatic N) is 3. The van der Waals surface area contributed by atoms with Crippen molar-refractivity contribution in [3.63, 3.8) is 0 Å². The van der Waals surface area contributed by atoms with Gasteiger partial charge in [0.25, 0.3) is 5.91 Å². The molecule has 0 aliphatic carbocycles. The number of furan rings is 1. The number of nitrogens with one attached hydrogen (secondary N) is 1. The first-order valence-electron chi connectivity index (χ1n) is 12.2. The van der Waals surface area contributed by atoms with Crippen LogP contribution in [0.3, 0.4) is 0 Å². The first-order valence-corrected chi connectivity index (χ1v) is 15.1. The van der Waals surface area contributed by atoms with E-state index < -0.39 is 8.24 Å². The summed E-state index contributed by atoms with van der Waals surface area (Å²) in [4.78, 5) is 35.4. The minimum absolute atomic E-state index is 0.138. The maximum absolute atomic E-state index is 13.8. The Morgan fingerprint density at radius 3 is 2.22 bits per heavy atom. The standard InChI is InChI=1S/C27H32N4O3SSi/c1-17(2)36(18(3)4,19(5)6)31-14-11-21(16-31)24(32)25-23(22-8-7-15-34-22)29-27(35-25)30-26(33)20-9-12-28-13-10-20/h7-19H,1-6H3,(H,29,30,33). The van der Waals surface area contributed by atoms with Gasteiger partial charge in [-0.25, -0.2) is 4.98 Å². The Kier molecular flexibility index (Phi) is 7.42. The molecule has 0 bridgehead atoms. The van der Waals surface area contributed by atoms with E-state index in [4.69, 9.17) is 4.42 Å². The maximum atomic E-state index is 13.8. The third-order valence-electron chi connectivity index (χ3n) is 6.93. The average Bonchev–Trinajstić information content (AvgIpc) is 3.60. The molecule has 0 spiro atoms. The van der Waals surface area contributed by atoms with E-state index in [2.05, 4.69) is 67.3 Å². The van der Waals surface area contributed by atoms with Gasteiger partial charge < -0.3 is 8.65 Å². The third kappa shape index (κ3) is 4.60. The molecule has 0 aliphatic heterocycles. The monoisotopic (exact) mass is 520 g/mol. The van der Waals surface area contributed by atoms with Crippen LogP contribution in [0.15, 0.2) is 65.8 Å². The van der Waals surface area contributed by atoms with Gasteiger partial charge in [0.2, 0.25) is 5.78 Å². The molecule has 0 saturated carbocycles. The number of thiazole rings is 1. The lowest BCUT2D eigenvalue weighted by atomic mass is 10.1. The van der Waals surface area contributed by atoms with Gasteiger partial charge in [0.1, 0.15) is 10.6 Å². The van der Waals surface area contributed by atoms with Crippen molar-refractivity contribution in [2.75, 3.05) is 5.32 Å². The van der Waals surface area contributed by atoms with E-state index in [-0.39, 0.29) is 11.7 Å². The van der Waals surface area contributed by atoms with E-state index in [0.29, 0.717) is 49.2 Å². The second kappa shape index (κ2) is 10.4. The predicted octanol–water partition coefficient (Wildman–Crippen LogP) is 7.11. The molecule has 4 heterocycles. The molecule has 1 N–H and O–H groups in total. The van der Waals surface area contributed by atoms with Crippen LogP contribution in [0, 0.1) is 0 Å². The zero-order valence-corrected chi connectivity index (χ0v) is 23.3. The van der Waals surface area contributed by atoms with Crippen LogP contribution in [0.4, 0.5) is 5.13 Å². The number of carbonyl (C=O) groups is 2. The third-order valence-corrected chi connectivity index (χ3v) is 14.6. The number of rotatable bonds is 9. The number of hydrogen-bond donors (Lipinski definition) is 1. The Bertz CT molecular complexity index is 1320. The predicted molar refractivity (Wildman–Crippen MR) is 146 cm³/mol. The quantitative estimate of drug-likeness (QED) is 0.188. The van der Waals surface area contributed by atoms with Gasteiger partial charge in [-0.1, -0.05) is 52.9 Å². The van der Waals surface area contributed by atoms with Crippen LogP contribution in [0.1, 0.15) is 67.1 Å². The Labute approximate surface area is 216 Å². The molecule has 0 atom stereocenters. The number of carbonyl (C=O) groups excluding carboxylic acids is 2. The van der Waals surface area contributed by atoms with Crippen LogP contribution in [0.5, 0.6) is 0 Å². The van der Waals surface area contributed by atoms with Crippen LogP contribution >= 0.6 is 11.3 Å². The van der Waals surface area contributed by atoms with Crippen LogP contribution in [-0.4, -0.2) is 34.1 Å². The molecule has 0 radical (unpaired) electrons. The zero-order chi connectivity index (χ0) is 26.0. The van der Waals surface area contributed by atoms with Crippen LogP contribution < -0.4 is 5.32 Å². The van der Waals surface area contributed by atoms with Crippen molar-refractivity contribution in [3.05, 3.63) is 77.4 Å². The lowest BCUT2D eigenvalue weighted by molar-refractivity contribution is 0.102. The Morgan fingerprint density at radius 2 is 1.64 bits per heavy atom. The molecule has 4 aromatic heterocycles. The fourth-order valence-corrected chi connectivity index (χ4v) is 13.0. The topological polar surface area (TPSA) is 90.0 Å². The smallest absolute Gasteiger partial charge is 0.257 e. The highest BCUT2D eigenvalue weighted by Gasteiger charge is 2.45. The summed E-state index contributed by atoms with van der Waals surface area (Å²) >= 11 is 1.15. The Hall–Kier alpha value is -3.30. The summed E-state index contributed by atoms with van der Waals surface area (Å²) in [6.45, 7) is 13.8. The molecule has 0 aliphatic rings. The van der Waals surface area contributed by atoms with Gasteiger partial charge in [0.05, 0.1) is 6.26 Å². The molecule has 7 nitrogen and oxygen atoms in total. The van der Waals surface area contributed by atoms with E-state index >= 15 is 0 Å². The van der Waals surface area contributed by atoms with Crippen LogP contribution in [0.2, 0.25) is 16.6 Å². The van der Waals surface area contributed by atoms with Crippen molar-refractivity contribution in [1.82, 2.24) is 14.2 Å². The fraction of sp³-hybridized carbons (Fsp3) is 0.333. The van der Waals surface area contributed by atoms with Gasteiger partial charge in [0, 0.05) is 29.7 Å². The normalized spacial score (nSPS) is 12.0. The van der Waals surface area contributed by atoms with Crippen molar-refractivity contribution >= 4 is 36.4 Å². The van der Waals surface area contributed by atoms with Crippen molar-refractivity contribution in [1.29, 1.82) is 0 Å². The zero-order valence-electron chi connectivity index (χ0n) is 21.5. The van der Waals surface area contributed by atoms with E-state index in [1.54, 1.807) is 42.9 Å². The highest BCUT2D eigenvalue weighted by molar-refractivity contribution is 7.18. The van der Waals surface area contributed by atoms with Crippen molar-refractivity contribution in [3.8, 4) is 11.5 Å². The molecular formula is C27H32N4O3SSi. The minimum Gasteiger partial charge on any atom is -0.463 e. The first-order chi connectivity index (χ1) is 17.2. The lowest BCUT2D eigenvalue weighted by Gasteiger charge is -2.44. The van der Waals surface area contributed by atoms with Gasteiger partial charge in [-0.2, -0.15) is 0 Å². The van der Waals surface area contributed by atoms with E-state index in [9.17, 15) is 9.59 Å². The second-order valence-electron chi connectivity index (χ2n) is 9.85. The maximum Gasteiger partial charge on any atom is 0.257 e. The number of ketones is 1. The van der Waals surface area contributed by atoms with Crippen molar-refractivity contribution < 1.29 is 14.0 Å². The van der Waals surface area contributed by atoms with Crippen LogP contribution in [-0.2, 0) is 0 Å². The first kappa shape index (κ1) is 25.8. The minimum atomic E-state index is -1.98. The molecule has 0 fully saturated rings. The van der Waals surface area contributed by atoms with Gasteiger partial charge in [-0.15, -0.1) is 0 Å². The summed E-state index contributed by atoms with van der Waals surface area (Å²) in [6, 6.07) is 8.67. The number of pyridine rings is 1. The Morgan fingerprint density at radius 1 is 0.972 bits per heavy atom. The van der Waals surface area contributed by atoms with Gasteiger partial charge in [0.15, 0.2) is 19.1 Å². The summed E-state index contributed by atoms with van der Waals surface area (Å²) in [5, 5.41) is 3.14. The average molecular weight is 521 g/mol. The molecule has 0 saturated heterocycles. The van der Waals surface area contributed by atoms with E-state index in [1.165, 1.54) is 0 Å². The summed E-state index contributed by atoms with van der Waals surface area (Å²) in [5.41, 5.74) is 3.01.